The summed E-state index contributed by atoms with van der Waals surface area (Å²) in [6.45, 7) is 0. The van der Waals surface area contributed by atoms with E-state index in [0.717, 1.165) is 38.8 Å². The lowest BCUT2D eigenvalue weighted by Gasteiger charge is -2.09. The number of hydrogen-bond donors (Lipinski definition) is 0. The molecule has 0 radical (unpaired) electrons. The first-order valence-corrected chi connectivity index (χ1v) is 8.54. The highest BCUT2D eigenvalue weighted by molar-refractivity contribution is 9.08. The minimum Gasteiger partial charge on any atom is -0.496 e. The van der Waals surface area contributed by atoms with Crippen molar-refractivity contribution >= 4 is 37.6 Å². The van der Waals surface area contributed by atoms with Crippen molar-refractivity contribution in [3.05, 3.63) is 66.4 Å². The first kappa shape index (κ1) is 14.3. The van der Waals surface area contributed by atoms with Crippen LogP contribution in [0.2, 0.25) is 0 Å². The summed E-state index contributed by atoms with van der Waals surface area (Å²) in [6.07, 6.45) is 0. The molecule has 0 aliphatic heterocycles. The number of alkyl halides is 1. The van der Waals surface area contributed by atoms with Crippen LogP contribution in [0.3, 0.4) is 0 Å². The quantitative estimate of drug-likeness (QED) is 0.472. The number of methoxy groups -OCH3 is 1. The Bertz CT molecular complexity index is 993. The highest BCUT2D eigenvalue weighted by Gasteiger charge is 2.16. The monoisotopic (exact) mass is 366 g/mol. The van der Waals surface area contributed by atoms with Gasteiger partial charge in [-0.2, -0.15) is 5.10 Å². The summed E-state index contributed by atoms with van der Waals surface area (Å²) >= 11 is 3.56. The summed E-state index contributed by atoms with van der Waals surface area (Å²) in [6, 6.07) is 20.6. The van der Waals surface area contributed by atoms with Crippen molar-refractivity contribution in [3.8, 4) is 11.4 Å². The van der Waals surface area contributed by atoms with Crippen LogP contribution in [-0.2, 0) is 5.33 Å². The van der Waals surface area contributed by atoms with Gasteiger partial charge >= 0.3 is 0 Å². The molecule has 4 rings (SSSR count). The molecule has 1 aromatic heterocycles. The Morgan fingerprint density at radius 2 is 1.65 bits per heavy atom. The number of benzene rings is 3. The number of para-hydroxylation sites is 1. The number of hydrogen-bond acceptors (Lipinski definition) is 2. The topological polar surface area (TPSA) is 27.1 Å². The van der Waals surface area contributed by atoms with Gasteiger partial charge in [-0.1, -0.05) is 58.4 Å². The lowest BCUT2D eigenvalue weighted by atomic mass is 10.0. The molecule has 0 bridgehead atoms. The first-order chi connectivity index (χ1) is 11.3. The second-order valence-electron chi connectivity index (χ2n) is 5.35. The van der Waals surface area contributed by atoms with Gasteiger partial charge in [-0.05, 0) is 18.2 Å². The van der Waals surface area contributed by atoms with Gasteiger partial charge in [0.25, 0.3) is 0 Å². The van der Waals surface area contributed by atoms with Crippen LogP contribution < -0.4 is 4.74 Å². The van der Waals surface area contributed by atoms with Gasteiger partial charge in [0.05, 0.1) is 24.0 Å². The predicted octanol–water partition coefficient (Wildman–Crippen LogP) is 5.08. The van der Waals surface area contributed by atoms with Crippen LogP contribution in [0.1, 0.15) is 5.69 Å². The fraction of sp³-hybridized carbons (Fsp3) is 0.105. The molecule has 0 atom stereocenters. The molecule has 0 aliphatic rings. The highest BCUT2D eigenvalue weighted by Crippen LogP contribution is 2.36. The highest BCUT2D eigenvalue weighted by atomic mass is 79.9. The maximum absolute atomic E-state index is 5.60. The molecule has 1 heterocycles. The second-order valence-corrected chi connectivity index (χ2v) is 5.91. The van der Waals surface area contributed by atoms with Crippen LogP contribution in [0.4, 0.5) is 0 Å². The first-order valence-electron chi connectivity index (χ1n) is 7.42. The van der Waals surface area contributed by atoms with Gasteiger partial charge in [-0.3, -0.25) is 0 Å². The molecule has 114 valence electrons. The zero-order chi connectivity index (χ0) is 15.8. The molecule has 3 nitrogen and oxygen atoms in total. The van der Waals surface area contributed by atoms with Gasteiger partial charge in [0.15, 0.2) is 0 Å². The van der Waals surface area contributed by atoms with E-state index in [1.807, 2.05) is 28.9 Å². The van der Waals surface area contributed by atoms with Crippen LogP contribution in [-0.4, -0.2) is 16.9 Å². The fourth-order valence-corrected chi connectivity index (χ4v) is 3.44. The number of nitrogens with zero attached hydrogens (tertiary/aromatic N) is 2. The number of fused-ring (bicyclic) bond motifs is 3. The molecule has 4 aromatic rings. The molecule has 0 amide bonds. The Morgan fingerprint density at radius 1 is 0.957 bits per heavy atom. The molecule has 0 spiro atoms. The number of halogens is 1. The van der Waals surface area contributed by atoms with Gasteiger partial charge in [0.1, 0.15) is 5.75 Å². The zero-order valence-electron chi connectivity index (χ0n) is 12.7. The van der Waals surface area contributed by atoms with Crippen molar-refractivity contribution in [1.82, 2.24) is 9.78 Å². The van der Waals surface area contributed by atoms with Crippen molar-refractivity contribution in [2.75, 3.05) is 7.11 Å². The van der Waals surface area contributed by atoms with Crippen LogP contribution in [0, 0.1) is 0 Å². The largest absolute Gasteiger partial charge is 0.496 e. The van der Waals surface area contributed by atoms with Gasteiger partial charge in [-0.25, -0.2) is 4.68 Å². The summed E-state index contributed by atoms with van der Waals surface area (Å²) < 4.78 is 7.62. The summed E-state index contributed by atoms with van der Waals surface area (Å²) in [5, 5.41) is 8.87. The molecule has 23 heavy (non-hydrogen) atoms. The third-order valence-corrected chi connectivity index (χ3v) is 4.60. The van der Waals surface area contributed by atoms with E-state index in [9.17, 15) is 0 Å². The van der Waals surface area contributed by atoms with Crippen molar-refractivity contribution < 1.29 is 4.74 Å². The van der Waals surface area contributed by atoms with E-state index in [4.69, 9.17) is 9.84 Å². The van der Waals surface area contributed by atoms with E-state index in [-0.39, 0.29) is 0 Å². The molecule has 0 saturated carbocycles. The van der Waals surface area contributed by atoms with Gasteiger partial charge < -0.3 is 4.74 Å². The van der Waals surface area contributed by atoms with Crippen molar-refractivity contribution in [2.24, 2.45) is 0 Å². The second kappa shape index (κ2) is 5.70. The van der Waals surface area contributed by atoms with Crippen LogP contribution in [0.15, 0.2) is 60.7 Å². The maximum Gasteiger partial charge on any atom is 0.127 e. The smallest absolute Gasteiger partial charge is 0.127 e. The molecular weight excluding hydrogens is 352 g/mol. The van der Waals surface area contributed by atoms with Crippen LogP contribution in [0.5, 0.6) is 5.75 Å². The van der Waals surface area contributed by atoms with E-state index in [1.54, 1.807) is 7.11 Å². The van der Waals surface area contributed by atoms with E-state index in [0.29, 0.717) is 5.33 Å². The van der Waals surface area contributed by atoms with Crippen molar-refractivity contribution in [2.45, 2.75) is 5.33 Å². The normalized spacial score (nSPS) is 11.2. The third-order valence-electron chi connectivity index (χ3n) is 4.07. The summed E-state index contributed by atoms with van der Waals surface area (Å²) in [5.74, 6) is 0.878. The average Bonchev–Trinajstić information content (AvgIpc) is 3.00. The average molecular weight is 367 g/mol. The van der Waals surface area contributed by atoms with Crippen LogP contribution in [0.25, 0.3) is 27.4 Å². The third kappa shape index (κ3) is 2.21. The molecule has 4 heteroatoms. The fourth-order valence-electron chi connectivity index (χ4n) is 3.02. The predicted molar refractivity (Wildman–Crippen MR) is 97.8 cm³/mol. The Morgan fingerprint density at radius 3 is 2.35 bits per heavy atom. The van der Waals surface area contributed by atoms with E-state index < -0.39 is 0 Å². The Hall–Kier alpha value is -2.33. The van der Waals surface area contributed by atoms with Gasteiger partial charge in [0.2, 0.25) is 0 Å². The Labute approximate surface area is 142 Å². The van der Waals surface area contributed by atoms with Crippen LogP contribution >= 0.6 is 15.9 Å². The molecule has 3 aromatic carbocycles. The summed E-state index contributed by atoms with van der Waals surface area (Å²) in [4.78, 5) is 0. The molecule has 0 unspecified atom stereocenters. The van der Waals surface area contributed by atoms with E-state index >= 15 is 0 Å². The van der Waals surface area contributed by atoms with E-state index in [1.165, 1.54) is 0 Å². The minimum absolute atomic E-state index is 0.699. The standard InChI is InChI=1S/C19H15BrN2O/c1-23-18-11-16-17(12-20)21-22(13-7-3-2-4-8-13)19(16)15-10-6-5-9-14(15)18/h2-11H,12H2,1H3. The minimum atomic E-state index is 0.699. The number of aromatic nitrogens is 2. The number of rotatable bonds is 3. The summed E-state index contributed by atoms with van der Waals surface area (Å²) in [7, 11) is 1.71. The van der Waals surface area contributed by atoms with Gasteiger partial charge in [-0.15, -0.1) is 0 Å². The lowest BCUT2D eigenvalue weighted by molar-refractivity contribution is 0.420. The zero-order valence-corrected chi connectivity index (χ0v) is 14.2. The van der Waals surface area contributed by atoms with Gasteiger partial charge in [0, 0.05) is 21.5 Å². The summed E-state index contributed by atoms with van der Waals surface area (Å²) in [5.41, 5.74) is 3.18. The molecule has 0 N–H and O–H groups in total. The molecule has 0 fully saturated rings. The lowest BCUT2D eigenvalue weighted by Crippen LogP contribution is -1.97. The molecular formula is C19H15BrN2O. The number of ether oxygens (including phenoxy) is 1. The van der Waals surface area contributed by atoms with E-state index in [2.05, 4.69) is 52.3 Å². The van der Waals surface area contributed by atoms with Crippen molar-refractivity contribution in [1.29, 1.82) is 0 Å². The Kier molecular flexibility index (Phi) is 3.54. The Balaban J connectivity index is 2.19. The molecule has 0 saturated heterocycles. The van der Waals surface area contributed by atoms with Crippen molar-refractivity contribution in [3.63, 3.8) is 0 Å². The molecule has 0 aliphatic carbocycles. The maximum atomic E-state index is 5.60. The SMILES string of the molecule is COc1cc2c(CBr)nn(-c3ccccc3)c2c2ccccc12.